The van der Waals surface area contributed by atoms with Crippen LogP contribution in [0.2, 0.25) is 0 Å². The van der Waals surface area contributed by atoms with Crippen LogP contribution in [0.4, 0.5) is 20.3 Å². The number of carbonyl (C=O) groups is 1. The van der Waals surface area contributed by atoms with Crippen LogP contribution in [0, 0.1) is 11.6 Å². The summed E-state index contributed by atoms with van der Waals surface area (Å²) in [6, 6.07) is 8.27. The van der Waals surface area contributed by atoms with Gasteiger partial charge in [-0.3, -0.25) is 9.20 Å². The second-order valence-electron chi connectivity index (χ2n) is 8.21. The number of imidazole rings is 1. The first-order valence-corrected chi connectivity index (χ1v) is 12.1. The Balaban J connectivity index is 1.57. The van der Waals surface area contributed by atoms with Crippen LogP contribution in [0.3, 0.4) is 0 Å². The molecule has 194 valence electrons. The number of ether oxygens (including phenoxy) is 2. The van der Waals surface area contributed by atoms with E-state index in [4.69, 9.17) is 9.47 Å². The highest BCUT2D eigenvalue weighted by molar-refractivity contribution is 5.96. The van der Waals surface area contributed by atoms with E-state index in [0.717, 1.165) is 17.7 Å². The van der Waals surface area contributed by atoms with Gasteiger partial charge in [0.05, 0.1) is 19.0 Å². The SMILES string of the molecule is CCOCCCNC(=O)c1ccc(Nc2nccn3c(-c4ccc(OC)c(F)c4F)cnc23)cc1CC. The van der Waals surface area contributed by atoms with Crippen molar-refractivity contribution < 1.29 is 23.0 Å². The van der Waals surface area contributed by atoms with Gasteiger partial charge in [0.25, 0.3) is 5.91 Å². The van der Waals surface area contributed by atoms with Gasteiger partial charge in [-0.2, -0.15) is 4.39 Å². The first-order valence-electron chi connectivity index (χ1n) is 12.1. The number of halogens is 2. The smallest absolute Gasteiger partial charge is 0.251 e. The molecule has 0 fully saturated rings. The molecular formula is C27H29F2N5O3. The number of amides is 1. The van der Waals surface area contributed by atoms with Gasteiger partial charge in [-0.05, 0) is 55.7 Å². The Morgan fingerprint density at radius 3 is 2.70 bits per heavy atom. The number of benzene rings is 2. The molecule has 2 aromatic heterocycles. The second kappa shape index (κ2) is 11.8. The molecule has 10 heteroatoms. The van der Waals surface area contributed by atoms with E-state index in [-0.39, 0.29) is 17.2 Å². The van der Waals surface area contributed by atoms with E-state index in [2.05, 4.69) is 20.6 Å². The first-order chi connectivity index (χ1) is 18.0. The molecule has 0 aliphatic carbocycles. The number of aromatic nitrogens is 3. The predicted octanol–water partition coefficient (Wildman–Crippen LogP) is 5.15. The van der Waals surface area contributed by atoms with Crippen LogP contribution in [0.5, 0.6) is 5.75 Å². The lowest BCUT2D eigenvalue weighted by Crippen LogP contribution is -2.26. The Morgan fingerprint density at radius 2 is 1.95 bits per heavy atom. The van der Waals surface area contributed by atoms with Crippen LogP contribution < -0.4 is 15.4 Å². The molecule has 0 radical (unpaired) electrons. The van der Waals surface area contributed by atoms with Crippen LogP contribution >= 0.6 is 0 Å². The normalized spacial score (nSPS) is 11.1. The van der Waals surface area contributed by atoms with Crippen molar-refractivity contribution in [3.63, 3.8) is 0 Å². The van der Waals surface area contributed by atoms with Crippen molar-refractivity contribution in [2.75, 3.05) is 32.2 Å². The zero-order chi connectivity index (χ0) is 26.4. The average molecular weight is 510 g/mol. The van der Waals surface area contributed by atoms with Crippen molar-refractivity contribution in [2.45, 2.75) is 26.7 Å². The largest absolute Gasteiger partial charge is 0.494 e. The summed E-state index contributed by atoms with van der Waals surface area (Å²) < 4.78 is 40.8. The molecule has 1 amide bonds. The van der Waals surface area contributed by atoms with Crippen LogP contribution in [-0.2, 0) is 11.2 Å². The van der Waals surface area contributed by atoms with Crippen molar-refractivity contribution in [3.8, 4) is 17.0 Å². The minimum Gasteiger partial charge on any atom is -0.494 e. The molecular weight excluding hydrogens is 480 g/mol. The van der Waals surface area contributed by atoms with Gasteiger partial charge in [0.1, 0.15) is 0 Å². The minimum absolute atomic E-state index is 0.0489. The van der Waals surface area contributed by atoms with Crippen molar-refractivity contribution in [3.05, 3.63) is 71.7 Å². The summed E-state index contributed by atoms with van der Waals surface area (Å²) in [7, 11) is 1.28. The molecule has 0 aliphatic rings. The lowest BCUT2D eigenvalue weighted by atomic mass is 10.0. The van der Waals surface area contributed by atoms with Gasteiger partial charge in [0.15, 0.2) is 23.0 Å². The molecule has 2 aromatic carbocycles. The number of rotatable bonds is 11. The molecule has 37 heavy (non-hydrogen) atoms. The predicted molar refractivity (Wildman–Crippen MR) is 137 cm³/mol. The first kappa shape index (κ1) is 26.0. The van der Waals surface area contributed by atoms with E-state index in [1.807, 2.05) is 19.9 Å². The third-order valence-corrected chi connectivity index (χ3v) is 5.92. The van der Waals surface area contributed by atoms with E-state index in [1.54, 1.807) is 28.9 Å². The van der Waals surface area contributed by atoms with E-state index in [0.29, 0.717) is 48.9 Å². The van der Waals surface area contributed by atoms with Gasteiger partial charge in [-0.25, -0.2) is 14.4 Å². The van der Waals surface area contributed by atoms with Gasteiger partial charge in [0.2, 0.25) is 5.82 Å². The molecule has 4 rings (SSSR count). The fraction of sp³-hybridized carbons (Fsp3) is 0.296. The Labute approximate surface area is 213 Å². The number of hydrogen-bond acceptors (Lipinski definition) is 6. The van der Waals surface area contributed by atoms with Crippen LogP contribution in [0.15, 0.2) is 48.9 Å². The number of nitrogens with one attached hydrogen (secondary N) is 2. The molecule has 0 spiro atoms. The zero-order valence-electron chi connectivity index (χ0n) is 21.0. The van der Waals surface area contributed by atoms with Gasteiger partial charge in [-0.1, -0.05) is 6.92 Å². The topological polar surface area (TPSA) is 89.8 Å². The standard InChI is InChI=1S/C27H29F2N5O3/c1-4-17-15-18(7-8-19(17)27(35)31-11-6-14-37-5-2)33-25-26-32-16-21(34(26)13-12-30-25)20-9-10-22(36-3)24(29)23(20)28/h7-10,12-13,15-16H,4-6,11,14H2,1-3H3,(H,30,33)(H,31,35). The van der Waals surface area contributed by atoms with Crippen LogP contribution in [0.25, 0.3) is 16.9 Å². The zero-order valence-corrected chi connectivity index (χ0v) is 21.0. The fourth-order valence-corrected chi connectivity index (χ4v) is 4.03. The summed E-state index contributed by atoms with van der Waals surface area (Å²) in [6.07, 6.45) is 6.04. The molecule has 0 saturated heterocycles. The molecule has 8 nitrogen and oxygen atoms in total. The minimum atomic E-state index is -1.06. The Bertz CT molecular complexity index is 1410. The summed E-state index contributed by atoms with van der Waals surface area (Å²) in [5, 5.41) is 6.16. The van der Waals surface area contributed by atoms with Gasteiger partial charge in [-0.15, -0.1) is 0 Å². The molecule has 0 bridgehead atoms. The monoisotopic (exact) mass is 509 g/mol. The molecule has 0 unspecified atom stereocenters. The highest BCUT2D eigenvalue weighted by atomic mass is 19.2. The van der Waals surface area contributed by atoms with Crippen molar-refractivity contribution >= 4 is 23.1 Å². The van der Waals surface area contributed by atoms with Crippen LogP contribution in [-0.4, -0.2) is 47.1 Å². The fourth-order valence-electron chi connectivity index (χ4n) is 4.03. The Morgan fingerprint density at radius 1 is 1.11 bits per heavy atom. The van der Waals surface area contributed by atoms with Gasteiger partial charge >= 0.3 is 0 Å². The molecule has 2 heterocycles. The maximum atomic E-state index is 14.7. The van der Waals surface area contributed by atoms with Crippen molar-refractivity contribution in [1.29, 1.82) is 0 Å². The number of methoxy groups -OCH3 is 1. The maximum absolute atomic E-state index is 14.7. The Kier molecular flexibility index (Phi) is 8.29. The molecule has 0 aliphatic heterocycles. The highest BCUT2D eigenvalue weighted by Gasteiger charge is 2.19. The summed E-state index contributed by atoms with van der Waals surface area (Å²) in [5.41, 5.74) is 3.05. The quantitative estimate of drug-likeness (QED) is 0.272. The van der Waals surface area contributed by atoms with E-state index in [1.165, 1.54) is 25.4 Å². The second-order valence-corrected chi connectivity index (χ2v) is 8.21. The van der Waals surface area contributed by atoms with Crippen LogP contribution in [0.1, 0.15) is 36.2 Å². The molecule has 2 N–H and O–H groups in total. The van der Waals surface area contributed by atoms with Crippen molar-refractivity contribution in [1.82, 2.24) is 19.7 Å². The van der Waals surface area contributed by atoms with E-state index >= 15 is 0 Å². The highest BCUT2D eigenvalue weighted by Crippen LogP contribution is 2.31. The lowest BCUT2D eigenvalue weighted by Gasteiger charge is -2.13. The number of anilines is 2. The van der Waals surface area contributed by atoms with E-state index < -0.39 is 11.6 Å². The number of nitrogens with zero attached hydrogens (tertiary/aromatic N) is 3. The summed E-state index contributed by atoms with van der Waals surface area (Å²) in [5.74, 6) is -1.96. The van der Waals surface area contributed by atoms with Gasteiger partial charge in [0, 0.05) is 49.0 Å². The van der Waals surface area contributed by atoms with E-state index in [9.17, 15) is 13.6 Å². The summed E-state index contributed by atoms with van der Waals surface area (Å²) >= 11 is 0. The lowest BCUT2D eigenvalue weighted by molar-refractivity contribution is 0.0943. The average Bonchev–Trinajstić information content (AvgIpc) is 3.35. The number of aryl methyl sites for hydroxylation is 1. The number of fused-ring (bicyclic) bond motifs is 1. The molecule has 0 atom stereocenters. The number of carbonyl (C=O) groups excluding carboxylic acids is 1. The molecule has 0 saturated carbocycles. The van der Waals surface area contributed by atoms with Crippen molar-refractivity contribution in [2.24, 2.45) is 0 Å². The Hall–Kier alpha value is -4.05. The summed E-state index contributed by atoms with van der Waals surface area (Å²) in [6.45, 7) is 5.71. The third kappa shape index (κ3) is 5.54. The summed E-state index contributed by atoms with van der Waals surface area (Å²) in [4.78, 5) is 21.4. The van der Waals surface area contributed by atoms with Gasteiger partial charge < -0.3 is 20.1 Å². The number of hydrogen-bond donors (Lipinski definition) is 2. The maximum Gasteiger partial charge on any atom is 0.251 e. The molecule has 4 aromatic rings. The third-order valence-electron chi connectivity index (χ3n) is 5.92.